The van der Waals surface area contributed by atoms with Crippen LogP contribution in [0.15, 0.2) is 91.0 Å². The Morgan fingerprint density at radius 1 is 0.679 bits per heavy atom. The number of nitrogens with zero attached hydrogens (tertiary/aromatic N) is 2. The topological polar surface area (TPSA) is 30.5 Å². The molecule has 0 aromatic heterocycles. The minimum Gasteiger partial charge on any atom is -0.344 e. The van der Waals surface area contributed by atoms with Crippen LogP contribution in [0, 0.1) is 0 Å². The molecule has 0 aliphatic carbocycles. The highest BCUT2D eigenvalue weighted by Gasteiger charge is 2.58. The highest BCUT2D eigenvalue weighted by molar-refractivity contribution is 7.81. The lowest BCUT2D eigenvalue weighted by Crippen LogP contribution is -2.52. The second-order valence-electron chi connectivity index (χ2n) is 6.81. The zero-order chi connectivity index (χ0) is 19.1. The molecule has 2 heterocycles. The van der Waals surface area contributed by atoms with Crippen LogP contribution in [-0.2, 0) is 5.54 Å². The van der Waals surface area contributed by atoms with E-state index in [-0.39, 0.29) is 6.17 Å². The van der Waals surface area contributed by atoms with Crippen LogP contribution < -0.4 is 15.6 Å². The Kier molecular flexibility index (Phi) is 4.03. The van der Waals surface area contributed by atoms with Gasteiger partial charge in [-0.3, -0.25) is 0 Å². The molecule has 5 rings (SSSR count). The van der Waals surface area contributed by atoms with E-state index in [9.17, 15) is 0 Å². The molecule has 2 N–H and O–H groups in total. The number of thiocarbonyl (C=S) groups is 2. The Bertz CT molecular complexity index is 985. The fourth-order valence-corrected chi connectivity index (χ4v) is 4.74. The van der Waals surface area contributed by atoms with Crippen molar-refractivity contribution < 1.29 is 0 Å². The van der Waals surface area contributed by atoms with Crippen molar-refractivity contribution in [3.63, 3.8) is 0 Å². The fraction of sp³-hybridized carbons (Fsp3) is 0.0909. The van der Waals surface area contributed by atoms with Gasteiger partial charge >= 0.3 is 0 Å². The molecule has 2 aliphatic rings. The lowest BCUT2D eigenvalue weighted by molar-refractivity contribution is 0.284. The van der Waals surface area contributed by atoms with Crippen LogP contribution in [0.1, 0.15) is 11.1 Å². The van der Waals surface area contributed by atoms with Gasteiger partial charge in [-0.2, -0.15) is 0 Å². The Morgan fingerprint density at radius 3 is 1.71 bits per heavy atom. The summed E-state index contributed by atoms with van der Waals surface area (Å²) in [7, 11) is 0. The fourth-order valence-electron chi connectivity index (χ4n) is 4.09. The maximum Gasteiger partial charge on any atom is 0.194 e. The molecule has 0 bridgehead atoms. The quantitative estimate of drug-likeness (QED) is 0.649. The second kappa shape index (κ2) is 6.58. The van der Waals surface area contributed by atoms with Crippen LogP contribution in [0.4, 0.5) is 5.69 Å². The van der Waals surface area contributed by atoms with Gasteiger partial charge in [0.1, 0.15) is 5.54 Å². The molecule has 3 aromatic carbocycles. The SMILES string of the molecule is S=C1NC2N(C(=S)NC2(c2ccccc2)c2ccccc2)N1c1ccccc1. The number of hydrogen-bond acceptors (Lipinski definition) is 2. The number of nitrogens with one attached hydrogen (secondary N) is 2. The number of para-hydroxylation sites is 1. The molecule has 3 aromatic rings. The predicted octanol–water partition coefficient (Wildman–Crippen LogP) is 3.76. The molecule has 0 radical (unpaired) electrons. The molecule has 6 heteroatoms. The third-order valence-corrected chi connectivity index (χ3v) is 5.87. The molecular formula is C22H18N4S2. The minimum absolute atomic E-state index is 0.183. The van der Waals surface area contributed by atoms with E-state index >= 15 is 0 Å². The highest BCUT2D eigenvalue weighted by Crippen LogP contribution is 2.42. The summed E-state index contributed by atoms with van der Waals surface area (Å²) in [5.41, 5.74) is 2.67. The molecule has 1 atom stereocenters. The summed E-state index contributed by atoms with van der Waals surface area (Å²) in [6.45, 7) is 0. The summed E-state index contributed by atoms with van der Waals surface area (Å²) in [4.78, 5) is 0. The summed E-state index contributed by atoms with van der Waals surface area (Å²) in [5, 5.41) is 12.4. The molecule has 0 spiro atoms. The number of hydrazine groups is 1. The second-order valence-corrected chi connectivity index (χ2v) is 7.59. The monoisotopic (exact) mass is 402 g/mol. The van der Waals surface area contributed by atoms with E-state index in [0.717, 1.165) is 16.8 Å². The van der Waals surface area contributed by atoms with Gasteiger partial charge in [-0.15, -0.1) is 0 Å². The van der Waals surface area contributed by atoms with Crippen LogP contribution in [0.25, 0.3) is 0 Å². The summed E-state index contributed by atoms with van der Waals surface area (Å²) in [5.74, 6) is 0. The summed E-state index contributed by atoms with van der Waals surface area (Å²) < 4.78 is 0. The number of fused-ring (bicyclic) bond motifs is 1. The third kappa shape index (κ3) is 2.42. The molecule has 28 heavy (non-hydrogen) atoms. The van der Waals surface area contributed by atoms with Crippen LogP contribution in [0.5, 0.6) is 0 Å². The van der Waals surface area contributed by atoms with Gasteiger partial charge in [0.25, 0.3) is 0 Å². The normalized spacial score (nSPS) is 19.9. The molecule has 2 aliphatic heterocycles. The summed E-state index contributed by atoms with van der Waals surface area (Å²) in [6.07, 6.45) is -0.183. The first-order valence-electron chi connectivity index (χ1n) is 9.10. The van der Waals surface area contributed by atoms with E-state index in [0.29, 0.717) is 10.2 Å². The number of benzene rings is 3. The maximum absolute atomic E-state index is 5.81. The lowest BCUT2D eigenvalue weighted by Gasteiger charge is -2.35. The largest absolute Gasteiger partial charge is 0.344 e. The number of hydrogen-bond donors (Lipinski definition) is 2. The van der Waals surface area contributed by atoms with E-state index < -0.39 is 5.54 Å². The summed E-state index contributed by atoms with van der Waals surface area (Å²) in [6, 6.07) is 30.8. The average Bonchev–Trinajstić information content (AvgIpc) is 3.24. The molecule has 4 nitrogen and oxygen atoms in total. The van der Waals surface area contributed by atoms with Crippen molar-refractivity contribution in [1.29, 1.82) is 0 Å². The minimum atomic E-state index is -0.562. The van der Waals surface area contributed by atoms with Crippen LogP contribution in [0.2, 0.25) is 0 Å². The first-order chi connectivity index (χ1) is 13.7. The van der Waals surface area contributed by atoms with E-state index in [1.165, 1.54) is 0 Å². The molecule has 0 saturated carbocycles. The number of rotatable bonds is 3. The molecular weight excluding hydrogens is 384 g/mol. The van der Waals surface area contributed by atoms with Gasteiger partial charge in [-0.05, 0) is 47.7 Å². The van der Waals surface area contributed by atoms with Gasteiger partial charge in [-0.1, -0.05) is 78.9 Å². The van der Waals surface area contributed by atoms with Gasteiger partial charge in [0.2, 0.25) is 0 Å². The van der Waals surface area contributed by atoms with Crippen LogP contribution >= 0.6 is 24.4 Å². The van der Waals surface area contributed by atoms with Gasteiger partial charge in [0.05, 0.1) is 5.69 Å². The van der Waals surface area contributed by atoms with E-state index in [4.69, 9.17) is 24.4 Å². The number of anilines is 1. The molecule has 1 unspecified atom stereocenters. The molecule has 2 saturated heterocycles. The Morgan fingerprint density at radius 2 is 1.18 bits per heavy atom. The Balaban J connectivity index is 1.69. The van der Waals surface area contributed by atoms with E-state index in [2.05, 4.69) is 59.2 Å². The van der Waals surface area contributed by atoms with Crippen molar-refractivity contribution in [2.45, 2.75) is 11.7 Å². The predicted molar refractivity (Wildman–Crippen MR) is 120 cm³/mol. The van der Waals surface area contributed by atoms with Crippen molar-refractivity contribution >= 4 is 40.3 Å². The first kappa shape index (κ1) is 17.2. The summed E-state index contributed by atoms with van der Waals surface area (Å²) >= 11 is 11.5. The van der Waals surface area contributed by atoms with Crippen molar-refractivity contribution in [3.05, 3.63) is 102 Å². The molecule has 2 fully saturated rings. The van der Waals surface area contributed by atoms with E-state index in [1.54, 1.807) is 0 Å². The smallest absolute Gasteiger partial charge is 0.194 e. The van der Waals surface area contributed by atoms with Crippen molar-refractivity contribution in [1.82, 2.24) is 15.6 Å². The van der Waals surface area contributed by atoms with E-state index in [1.807, 2.05) is 52.5 Å². The Hall–Kier alpha value is -2.96. The average molecular weight is 403 g/mol. The third-order valence-electron chi connectivity index (χ3n) is 5.29. The first-order valence-corrected chi connectivity index (χ1v) is 9.91. The maximum atomic E-state index is 5.81. The zero-order valence-corrected chi connectivity index (χ0v) is 16.6. The van der Waals surface area contributed by atoms with Gasteiger partial charge < -0.3 is 10.6 Å². The highest BCUT2D eigenvalue weighted by atomic mass is 32.1. The lowest BCUT2D eigenvalue weighted by atomic mass is 9.81. The van der Waals surface area contributed by atoms with Crippen LogP contribution in [0.3, 0.4) is 0 Å². The molecule has 0 amide bonds. The van der Waals surface area contributed by atoms with Crippen molar-refractivity contribution in [2.75, 3.05) is 5.01 Å². The van der Waals surface area contributed by atoms with Gasteiger partial charge in [-0.25, -0.2) is 10.0 Å². The van der Waals surface area contributed by atoms with Crippen molar-refractivity contribution in [3.8, 4) is 0 Å². The van der Waals surface area contributed by atoms with Gasteiger partial charge in [0.15, 0.2) is 16.4 Å². The standard InChI is InChI=1S/C22H18N4S2/c27-20-23-19-22(16-10-4-1-5-11-16,17-12-6-2-7-13-17)24-21(28)26(19)25(20)18-14-8-3-9-15-18/h1-15,19H,(H,23,27)(H,24,28). The van der Waals surface area contributed by atoms with Crippen LogP contribution in [-0.4, -0.2) is 21.4 Å². The molecule has 138 valence electrons. The Labute approximate surface area is 174 Å². The van der Waals surface area contributed by atoms with Crippen molar-refractivity contribution in [2.24, 2.45) is 0 Å². The zero-order valence-electron chi connectivity index (χ0n) is 14.9. The van der Waals surface area contributed by atoms with Gasteiger partial charge in [0, 0.05) is 0 Å².